The molecule has 0 spiro atoms. The summed E-state index contributed by atoms with van der Waals surface area (Å²) >= 11 is 1.39. The average Bonchev–Trinajstić information content (AvgIpc) is 2.87. The van der Waals surface area contributed by atoms with Gasteiger partial charge in [0.15, 0.2) is 0 Å². The molecule has 4 aliphatic carbocycles. The number of hydrogen-bond acceptors (Lipinski definition) is 4. The highest BCUT2D eigenvalue weighted by molar-refractivity contribution is 8.00. The van der Waals surface area contributed by atoms with Gasteiger partial charge in [-0.25, -0.2) is 9.37 Å². The van der Waals surface area contributed by atoms with Crippen LogP contribution in [-0.2, 0) is 4.79 Å². The maximum Gasteiger partial charge on any atom is 0.149 e. The van der Waals surface area contributed by atoms with E-state index in [9.17, 15) is 14.4 Å². The average molecular weight is 483 g/mol. The van der Waals surface area contributed by atoms with Gasteiger partial charge in [0, 0.05) is 16.5 Å². The maximum atomic E-state index is 13.6. The van der Waals surface area contributed by atoms with Gasteiger partial charge >= 0.3 is 0 Å². The lowest BCUT2D eigenvalue weighted by molar-refractivity contribution is -0.141. The third-order valence-corrected chi connectivity index (χ3v) is 9.27. The summed E-state index contributed by atoms with van der Waals surface area (Å²) in [5.41, 5.74) is 3.44. The normalized spacial score (nSPS) is 26.5. The minimum absolute atomic E-state index is 0.161. The van der Waals surface area contributed by atoms with Crippen LogP contribution in [0.25, 0.3) is 22.4 Å². The molecule has 0 radical (unpaired) electrons. The van der Waals surface area contributed by atoms with Gasteiger partial charge in [0.1, 0.15) is 22.7 Å². The summed E-state index contributed by atoms with van der Waals surface area (Å²) in [5, 5.41) is 10.7. The minimum atomic E-state index is -0.319. The number of pyridine rings is 1. The highest BCUT2D eigenvalue weighted by atomic mass is 32.2. The first-order chi connectivity index (χ1) is 17.0. The van der Waals surface area contributed by atoms with Crippen molar-refractivity contribution in [1.29, 1.82) is 5.26 Å². The Morgan fingerprint density at radius 2 is 1.60 bits per heavy atom. The van der Waals surface area contributed by atoms with Crippen molar-refractivity contribution in [3.8, 4) is 28.5 Å². The third kappa shape index (κ3) is 4.19. The zero-order chi connectivity index (χ0) is 24.0. The van der Waals surface area contributed by atoms with Crippen molar-refractivity contribution in [3.05, 3.63) is 72.0 Å². The van der Waals surface area contributed by atoms with Crippen LogP contribution in [0, 0.1) is 40.3 Å². The van der Waals surface area contributed by atoms with Crippen molar-refractivity contribution >= 4 is 17.5 Å². The molecule has 1 aromatic heterocycles. The second-order valence-corrected chi connectivity index (χ2v) is 11.6. The van der Waals surface area contributed by atoms with Crippen LogP contribution in [0.1, 0.15) is 44.1 Å². The number of nitriles is 1. The van der Waals surface area contributed by atoms with E-state index in [1.807, 2.05) is 36.4 Å². The molecular formula is C30H27FN2OS. The van der Waals surface area contributed by atoms with Crippen LogP contribution in [0.3, 0.4) is 0 Å². The van der Waals surface area contributed by atoms with Gasteiger partial charge in [-0.15, -0.1) is 0 Å². The molecule has 4 fully saturated rings. The number of benzene rings is 2. The SMILES string of the molecule is N#Cc1c(-c2ccc(F)cc2)cc(-c2ccccc2)nc1SCC(=O)C12CC3CC(CC(C3)C1)C2. The van der Waals surface area contributed by atoms with E-state index in [-0.39, 0.29) is 11.2 Å². The lowest BCUT2D eigenvalue weighted by Gasteiger charge is -2.56. The molecule has 3 aromatic rings. The van der Waals surface area contributed by atoms with Crippen LogP contribution in [0.15, 0.2) is 65.7 Å². The molecule has 0 unspecified atom stereocenters. The maximum absolute atomic E-state index is 13.6. The van der Waals surface area contributed by atoms with Gasteiger partial charge in [0.25, 0.3) is 0 Å². The van der Waals surface area contributed by atoms with E-state index < -0.39 is 0 Å². The van der Waals surface area contributed by atoms with Gasteiger partial charge in [-0.1, -0.05) is 54.2 Å². The van der Waals surface area contributed by atoms with Crippen molar-refractivity contribution in [2.75, 3.05) is 5.75 Å². The Bertz CT molecular complexity index is 1280. The molecule has 176 valence electrons. The Hall–Kier alpha value is -2.97. The number of thioether (sulfide) groups is 1. The number of Topliss-reactive ketones (excluding diaryl/α,β-unsaturated/α-hetero) is 1. The fourth-order valence-corrected chi connectivity index (χ4v) is 8.12. The Labute approximate surface area is 209 Å². The minimum Gasteiger partial charge on any atom is -0.298 e. The van der Waals surface area contributed by atoms with Crippen molar-refractivity contribution in [3.63, 3.8) is 0 Å². The van der Waals surface area contributed by atoms with Crippen LogP contribution in [0.2, 0.25) is 0 Å². The van der Waals surface area contributed by atoms with E-state index in [2.05, 4.69) is 6.07 Å². The monoisotopic (exact) mass is 482 g/mol. The number of carbonyl (C=O) groups is 1. The zero-order valence-electron chi connectivity index (χ0n) is 19.5. The summed E-state index contributed by atoms with van der Waals surface area (Å²) < 4.78 is 13.6. The van der Waals surface area contributed by atoms with Crippen LogP contribution >= 0.6 is 11.8 Å². The second-order valence-electron chi connectivity index (χ2n) is 10.6. The topological polar surface area (TPSA) is 53.8 Å². The summed E-state index contributed by atoms with van der Waals surface area (Å²) in [6.45, 7) is 0. The first kappa shape index (κ1) is 22.5. The molecule has 35 heavy (non-hydrogen) atoms. The van der Waals surface area contributed by atoms with Crippen molar-refractivity contribution in [2.45, 2.75) is 43.6 Å². The van der Waals surface area contributed by atoms with E-state index in [0.717, 1.165) is 53.8 Å². The standard InChI is InChI=1S/C30H27FN2OS/c31-24-8-6-22(7-9-24)25-13-27(23-4-2-1-3-5-23)33-29(26(25)17-32)35-18-28(34)30-14-19-10-20(15-30)12-21(11-19)16-30/h1-9,13,19-21H,10-12,14-16,18H2. The number of hydrogen-bond donors (Lipinski definition) is 0. The number of carbonyl (C=O) groups excluding carboxylic acids is 1. The predicted molar refractivity (Wildman–Crippen MR) is 136 cm³/mol. The number of nitrogens with zero attached hydrogens (tertiary/aromatic N) is 2. The predicted octanol–water partition coefficient (Wildman–Crippen LogP) is 7.30. The smallest absolute Gasteiger partial charge is 0.149 e. The van der Waals surface area contributed by atoms with Crippen molar-refractivity contribution in [1.82, 2.24) is 4.98 Å². The molecule has 5 heteroatoms. The van der Waals surface area contributed by atoms with Crippen molar-refractivity contribution < 1.29 is 9.18 Å². The quantitative estimate of drug-likeness (QED) is 0.346. The molecule has 0 N–H and O–H groups in total. The molecule has 4 aliphatic rings. The summed E-state index contributed by atoms with van der Waals surface area (Å²) in [4.78, 5) is 18.5. The van der Waals surface area contributed by atoms with Gasteiger partial charge < -0.3 is 0 Å². The Balaban J connectivity index is 1.35. The second kappa shape index (κ2) is 8.91. The van der Waals surface area contributed by atoms with Gasteiger partial charge in [0.2, 0.25) is 0 Å². The van der Waals surface area contributed by atoms with E-state index in [4.69, 9.17) is 4.98 Å². The molecule has 3 nitrogen and oxygen atoms in total. The molecule has 0 amide bonds. The lowest BCUT2D eigenvalue weighted by atomic mass is 9.48. The first-order valence-electron chi connectivity index (χ1n) is 12.5. The van der Waals surface area contributed by atoms with Gasteiger partial charge in [-0.05, 0) is 80.0 Å². The molecular weight excluding hydrogens is 455 g/mol. The van der Waals surface area contributed by atoms with Crippen LogP contribution < -0.4 is 0 Å². The Morgan fingerprint density at radius 1 is 0.971 bits per heavy atom. The molecule has 1 heterocycles. The number of aromatic nitrogens is 1. The highest BCUT2D eigenvalue weighted by Crippen LogP contribution is 2.60. The molecule has 0 atom stereocenters. The summed E-state index contributed by atoms with van der Waals surface area (Å²) in [6.07, 6.45) is 7.05. The number of halogens is 1. The molecule has 7 rings (SSSR count). The molecule has 4 bridgehead atoms. The fourth-order valence-electron chi connectivity index (χ4n) is 7.09. The van der Waals surface area contributed by atoms with Crippen LogP contribution in [0.4, 0.5) is 4.39 Å². The first-order valence-corrected chi connectivity index (χ1v) is 13.4. The van der Waals surface area contributed by atoms with E-state index in [1.165, 1.54) is 43.2 Å². The summed E-state index contributed by atoms with van der Waals surface area (Å²) in [7, 11) is 0. The molecule has 0 aliphatic heterocycles. The third-order valence-electron chi connectivity index (χ3n) is 8.29. The summed E-state index contributed by atoms with van der Waals surface area (Å²) in [5.74, 6) is 2.51. The Kier molecular flexibility index (Phi) is 5.73. The highest BCUT2D eigenvalue weighted by Gasteiger charge is 2.54. The zero-order valence-corrected chi connectivity index (χ0v) is 20.4. The van der Waals surface area contributed by atoms with Crippen molar-refractivity contribution in [2.24, 2.45) is 23.2 Å². The largest absolute Gasteiger partial charge is 0.298 e. The van der Waals surface area contributed by atoms with Gasteiger partial charge in [0.05, 0.1) is 17.0 Å². The fraction of sp³-hybridized carbons (Fsp3) is 0.367. The van der Waals surface area contributed by atoms with Gasteiger partial charge in [-0.3, -0.25) is 4.79 Å². The molecule has 0 saturated heterocycles. The van der Waals surface area contributed by atoms with Gasteiger partial charge in [-0.2, -0.15) is 5.26 Å². The van der Waals surface area contributed by atoms with E-state index in [1.54, 1.807) is 12.1 Å². The molecule has 4 saturated carbocycles. The van der Waals surface area contributed by atoms with Crippen LogP contribution in [-0.4, -0.2) is 16.5 Å². The van der Waals surface area contributed by atoms with Crippen LogP contribution in [0.5, 0.6) is 0 Å². The Morgan fingerprint density at radius 3 is 2.20 bits per heavy atom. The number of rotatable bonds is 6. The van der Waals surface area contributed by atoms with E-state index >= 15 is 0 Å². The number of ketones is 1. The summed E-state index contributed by atoms with van der Waals surface area (Å²) in [6, 6.07) is 20.2. The van der Waals surface area contributed by atoms with E-state index in [0.29, 0.717) is 27.7 Å². The lowest BCUT2D eigenvalue weighted by Crippen LogP contribution is -2.50. The molecule has 2 aromatic carbocycles.